The van der Waals surface area contributed by atoms with Crippen LogP contribution in [-0.2, 0) is 28.6 Å². The fraction of sp³-hybridized carbons (Fsp3) is 0.723. The molecule has 0 aliphatic carbocycles. The minimum Gasteiger partial charge on any atom is -0.462 e. The van der Waals surface area contributed by atoms with Crippen LogP contribution >= 0.6 is 0 Å². The molecule has 1 atom stereocenters. The minimum atomic E-state index is -0.782. The molecule has 0 N–H and O–H groups in total. The minimum absolute atomic E-state index is 0.0871. The van der Waals surface area contributed by atoms with Crippen molar-refractivity contribution in [3.05, 3.63) is 60.8 Å². The molecule has 0 heterocycles. The van der Waals surface area contributed by atoms with Gasteiger partial charge in [-0.2, -0.15) is 0 Å². The van der Waals surface area contributed by atoms with E-state index < -0.39 is 6.10 Å². The first-order valence-electron chi connectivity index (χ1n) is 21.8. The van der Waals surface area contributed by atoms with Crippen molar-refractivity contribution in [2.24, 2.45) is 0 Å². The summed E-state index contributed by atoms with van der Waals surface area (Å²) in [6.45, 7) is 6.37. The summed E-state index contributed by atoms with van der Waals surface area (Å²) in [5.41, 5.74) is 0. The molecule has 0 amide bonds. The van der Waals surface area contributed by atoms with Gasteiger partial charge in [0.2, 0.25) is 0 Å². The lowest BCUT2D eigenvalue weighted by molar-refractivity contribution is -0.167. The first-order chi connectivity index (χ1) is 26.0. The van der Waals surface area contributed by atoms with Gasteiger partial charge in [0, 0.05) is 19.3 Å². The second kappa shape index (κ2) is 41.9. The van der Waals surface area contributed by atoms with Crippen molar-refractivity contribution in [1.82, 2.24) is 0 Å². The van der Waals surface area contributed by atoms with Gasteiger partial charge in [-0.25, -0.2) is 0 Å². The molecule has 0 radical (unpaired) electrons. The third kappa shape index (κ3) is 40.1. The highest BCUT2D eigenvalue weighted by molar-refractivity contribution is 5.71. The number of esters is 3. The molecule has 0 aliphatic heterocycles. The SMILES string of the molecule is CC/C=C\C/C=C\C/C=C\C/C=C\CCCCCCC(=O)OCC(COC(=O)CCCCCCC)OC(=O)CCCCCCC/C=C\CCCCCC. The molecule has 0 aromatic carbocycles. The van der Waals surface area contributed by atoms with E-state index in [9.17, 15) is 14.4 Å². The summed E-state index contributed by atoms with van der Waals surface area (Å²) in [4.78, 5) is 37.4. The monoisotopic (exact) mass is 741 g/mol. The molecule has 0 fully saturated rings. The summed E-state index contributed by atoms with van der Waals surface area (Å²) >= 11 is 0. The Hall–Kier alpha value is -2.89. The van der Waals surface area contributed by atoms with Gasteiger partial charge in [0.25, 0.3) is 0 Å². The van der Waals surface area contributed by atoms with E-state index >= 15 is 0 Å². The Morgan fingerprint density at radius 3 is 1.19 bits per heavy atom. The van der Waals surface area contributed by atoms with Crippen LogP contribution in [0.3, 0.4) is 0 Å². The number of carbonyl (C=O) groups is 3. The Morgan fingerprint density at radius 1 is 0.396 bits per heavy atom. The molecular formula is C47H80O6. The molecule has 0 saturated heterocycles. The van der Waals surface area contributed by atoms with E-state index in [1.807, 2.05) is 0 Å². The van der Waals surface area contributed by atoms with Crippen molar-refractivity contribution in [3.63, 3.8) is 0 Å². The lowest BCUT2D eigenvalue weighted by Crippen LogP contribution is -2.30. The first kappa shape index (κ1) is 50.1. The lowest BCUT2D eigenvalue weighted by atomic mass is 10.1. The van der Waals surface area contributed by atoms with Crippen LogP contribution < -0.4 is 0 Å². The maximum Gasteiger partial charge on any atom is 0.306 e. The maximum atomic E-state index is 12.6. The Balaban J connectivity index is 4.30. The van der Waals surface area contributed by atoms with Crippen LogP contribution in [0.5, 0.6) is 0 Å². The van der Waals surface area contributed by atoms with Gasteiger partial charge in [-0.05, 0) is 83.5 Å². The molecular weight excluding hydrogens is 661 g/mol. The lowest BCUT2D eigenvalue weighted by Gasteiger charge is -2.18. The molecule has 0 spiro atoms. The topological polar surface area (TPSA) is 78.9 Å². The predicted molar refractivity (Wildman–Crippen MR) is 224 cm³/mol. The average molecular weight is 741 g/mol. The molecule has 0 saturated carbocycles. The largest absolute Gasteiger partial charge is 0.462 e. The summed E-state index contributed by atoms with van der Waals surface area (Å²) in [5.74, 6) is -0.940. The third-order valence-electron chi connectivity index (χ3n) is 9.01. The Morgan fingerprint density at radius 2 is 0.736 bits per heavy atom. The predicted octanol–water partition coefficient (Wildman–Crippen LogP) is 13.7. The second-order valence-corrected chi connectivity index (χ2v) is 14.2. The number of ether oxygens (including phenoxy) is 3. The smallest absolute Gasteiger partial charge is 0.306 e. The molecule has 0 aromatic rings. The van der Waals surface area contributed by atoms with Crippen LogP contribution in [0.25, 0.3) is 0 Å². The summed E-state index contributed by atoms with van der Waals surface area (Å²) in [6.07, 6.45) is 49.4. The third-order valence-corrected chi connectivity index (χ3v) is 9.01. The Bertz CT molecular complexity index is 991. The van der Waals surface area contributed by atoms with Gasteiger partial charge in [0.1, 0.15) is 13.2 Å². The normalized spacial score (nSPS) is 12.6. The quantitative estimate of drug-likeness (QED) is 0.0271. The van der Waals surface area contributed by atoms with E-state index in [2.05, 4.69) is 81.5 Å². The van der Waals surface area contributed by atoms with Gasteiger partial charge >= 0.3 is 17.9 Å². The number of carbonyl (C=O) groups excluding carboxylic acids is 3. The maximum absolute atomic E-state index is 12.6. The molecule has 6 heteroatoms. The molecule has 6 nitrogen and oxygen atoms in total. The summed E-state index contributed by atoms with van der Waals surface area (Å²) in [7, 11) is 0. The van der Waals surface area contributed by atoms with Crippen LogP contribution in [0.15, 0.2) is 60.8 Å². The van der Waals surface area contributed by atoms with E-state index in [1.54, 1.807) is 0 Å². The molecule has 0 rings (SSSR count). The van der Waals surface area contributed by atoms with Gasteiger partial charge < -0.3 is 14.2 Å². The molecule has 1 unspecified atom stereocenters. The van der Waals surface area contributed by atoms with Gasteiger partial charge in [0.05, 0.1) is 0 Å². The first-order valence-corrected chi connectivity index (χ1v) is 21.8. The van der Waals surface area contributed by atoms with E-state index in [0.717, 1.165) is 116 Å². The van der Waals surface area contributed by atoms with Crippen LogP contribution in [0.2, 0.25) is 0 Å². The molecule has 0 aliphatic rings. The fourth-order valence-electron chi connectivity index (χ4n) is 5.72. The highest BCUT2D eigenvalue weighted by atomic mass is 16.6. The Labute approximate surface area is 326 Å². The van der Waals surface area contributed by atoms with E-state index in [-0.39, 0.29) is 31.1 Å². The van der Waals surface area contributed by atoms with Crippen molar-refractivity contribution in [1.29, 1.82) is 0 Å². The second-order valence-electron chi connectivity index (χ2n) is 14.2. The number of unbranched alkanes of at least 4 members (excludes halogenated alkanes) is 17. The molecule has 304 valence electrons. The number of hydrogen-bond acceptors (Lipinski definition) is 6. The van der Waals surface area contributed by atoms with Gasteiger partial charge in [-0.1, -0.05) is 159 Å². The fourth-order valence-corrected chi connectivity index (χ4v) is 5.72. The van der Waals surface area contributed by atoms with Crippen LogP contribution in [0.1, 0.15) is 201 Å². The zero-order valence-electron chi connectivity index (χ0n) is 34.5. The van der Waals surface area contributed by atoms with Crippen molar-refractivity contribution < 1.29 is 28.6 Å². The van der Waals surface area contributed by atoms with Crippen LogP contribution in [0, 0.1) is 0 Å². The van der Waals surface area contributed by atoms with Crippen molar-refractivity contribution >= 4 is 17.9 Å². The zero-order valence-corrected chi connectivity index (χ0v) is 34.5. The average Bonchev–Trinajstić information content (AvgIpc) is 3.15. The summed E-state index contributed by atoms with van der Waals surface area (Å²) in [5, 5.41) is 0. The van der Waals surface area contributed by atoms with E-state index in [0.29, 0.717) is 19.3 Å². The van der Waals surface area contributed by atoms with Crippen LogP contribution in [-0.4, -0.2) is 37.2 Å². The zero-order chi connectivity index (χ0) is 38.7. The van der Waals surface area contributed by atoms with Crippen molar-refractivity contribution in [3.8, 4) is 0 Å². The molecule has 0 bridgehead atoms. The number of rotatable bonds is 38. The number of allylic oxidation sites excluding steroid dienone is 10. The summed E-state index contributed by atoms with van der Waals surface area (Å²) < 4.78 is 16.5. The van der Waals surface area contributed by atoms with E-state index in [4.69, 9.17) is 14.2 Å². The van der Waals surface area contributed by atoms with Gasteiger partial charge in [-0.15, -0.1) is 0 Å². The summed E-state index contributed by atoms with van der Waals surface area (Å²) in [6, 6.07) is 0. The number of hydrogen-bond donors (Lipinski definition) is 0. The van der Waals surface area contributed by atoms with Crippen molar-refractivity contribution in [2.45, 2.75) is 207 Å². The molecule has 53 heavy (non-hydrogen) atoms. The molecule has 0 aromatic heterocycles. The highest BCUT2D eigenvalue weighted by Crippen LogP contribution is 2.12. The standard InChI is InChI=1S/C47H80O6/c1-4-7-10-13-15-17-19-21-22-23-24-26-27-29-31-34-37-40-46(49)52-43-44(42-51-45(48)39-36-33-12-9-6-3)53-47(50)41-38-35-32-30-28-25-20-18-16-14-11-8-5-2/h7,10,15,17-18,20-22,24,26,44H,4-6,8-9,11-14,16,19,23,25,27-43H2,1-3H3/b10-7-,17-15-,20-18-,22-21-,26-24-. The van der Waals surface area contributed by atoms with Gasteiger partial charge in [-0.3, -0.25) is 14.4 Å². The Kier molecular flexibility index (Phi) is 39.6. The highest BCUT2D eigenvalue weighted by Gasteiger charge is 2.19. The van der Waals surface area contributed by atoms with E-state index in [1.165, 1.54) is 44.9 Å². The van der Waals surface area contributed by atoms with Gasteiger partial charge in [0.15, 0.2) is 6.10 Å². The van der Waals surface area contributed by atoms with Crippen molar-refractivity contribution in [2.75, 3.05) is 13.2 Å². The van der Waals surface area contributed by atoms with Crippen LogP contribution in [0.4, 0.5) is 0 Å².